The average molecular weight is 525 g/mol. The highest BCUT2D eigenvalue weighted by Gasteiger charge is 2.43. The molecule has 0 aliphatic carbocycles. The van der Waals surface area contributed by atoms with Crippen LogP contribution in [0.2, 0.25) is 0 Å². The first kappa shape index (κ1) is 25.9. The van der Waals surface area contributed by atoms with Gasteiger partial charge < -0.3 is 20.5 Å². The van der Waals surface area contributed by atoms with Crippen molar-refractivity contribution in [1.82, 2.24) is 20.5 Å². The molecule has 2 fully saturated rings. The summed E-state index contributed by atoms with van der Waals surface area (Å²) in [6.45, 7) is 2.90. The molecule has 37 heavy (non-hydrogen) atoms. The molecule has 2 aromatic carbocycles. The molecule has 7 nitrogen and oxygen atoms in total. The summed E-state index contributed by atoms with van der Waals surface area (Å²) >= 11 is 1.64. The van der Waals surface area contributed by atoms with E-state index in [-0.39, 0.29) is 31.2 Å². The van der Waals surface area contributed by atoms with Crippen molar-refractivity contribution in [3.8, 4) is 0 Å². The summed E-state index contributed by atoms with van der Waals surface area (Å²) in [5, 5.41) is 20.2. The van der Waals surface area contributed by atoms with E-state index in [0.717, 1.165) is 21.8 Å². The smallest absolute Gasteiger partial charge is 0.251 e. The van der Waals surface area contributed by atoms with Crippen LogP contribution >= 0.6 is 11.3 Å². The van der Waals surface area contributed by atoms with Gasteiger partial charge in [0.1, 0.15) is 23.5 Å². The maximum absolute atomic E-state index is 13.8. The predicted octanol–water partition coefficient (Wildman–Crippen LogP) is 3.38. The molecule has 3 aromatic rings. The number of alkyl halides is 1. The third-order valence-electron chi connectivity index (χ3n) is 6.98. The zero-order chi connectivity index (χ0) is 25.9. The zero-order valence-corrected chi connectivity index (χ0v) is 21.8. The number of thiazole rings is 1. The number of aliphatic hydroxyl groups is 1. The van der Waals surface area contributed by atoms with Crippen molar-refractivity contribution in [3.63, 3.8) is 0 Å². The van der Waals surface area contributed by atoms with E-state index < -0.39 is 24.4 Å². The zero-order valence-electron chi connectivity index (χ0n) is 21.0. The third-order valence-corrected chi connectivity index (χ3v) is 7.93. The number of aryl methyl sites for hydroxylation is 1. The van der Waals surface area contributed by atoms with Crippen LogP contribution < -0.4 is 10.6 Å². The van der Waals surface area contributed by atoms with Gasteiger partial charge in [-0.05, 0) is 50.1 Å². The lowest BCUT2D eigenvalue weighted by molar-refractivity contribution is 0.0729. The normalized spacial score (nSPS) is 24.7. The van der Waals surface area contributed by atoms with E-state index in [9.17, 15) is 14.3 Å². The number of hydrogen-bond acceptors (Lipinski definition) is 7. The summed E-state index contributed by atoms with van der Waals surface area (Å²) in [4.78, 5) is 20.0. The fourth-order valence-corrected chi connectivity index (χ4v) is 5.79. The number of benzene rings is 2. The lowest BCUT2D eigenvalue weighted by Crippen LogP contribution is -2.52. The van der Waals surface area contributed by atoms with E-state index in [0.29, 0.717) is 18.5 Å². The van der Waals surface area contributed by atoms with Crippen molar-refractivity contribution >= 4 is 17.2 Å². The van der Waals surface area contributed by atoms with E-state index in [1.165, 1.54) is 0 Å². The number of hydrogen-bond donors (Lipinski definition) is 3. The minimum Gasteiger partial charge on any atom is -0.389 e. The number of carbonyl (C=O) groups is 1. The van der Waals surface area contributed by atoms with Gasteiger partial charge in [-0.3, -0.25) is 9.69 Å². The molecule has 0 bridgehead atoms. The van der Waals surface area contributed by atoms with Crippen LogP contribution in [0.3, 0.4) is 0 Å². The monoisotopic (exact) mass is 524 g/mol. The molecule has 3 N–H and O–H groups in total. The lowest BCUT2D eigenvalue weighted by atomic mass is 9.94. The van der Waals surface area contributed by atoms with Crippen LogP contribution in [0.15, 0.2) is 60.0 Å². The van der Waals surface area contributed by atoms with Crippen molar-refractivity contribution < 1.29 is 19.0 Å². The number of ether oxygens (including phenoxy) is 1. The van der Waals surface area contributed by atoms with Gasteiger partial charge in [0, 0.05) is 29.2 Å². The van der Waals surface area contributed by atoms with Gasteiger partial charge in [-0.2, -0.15) is 0 Å². The number of aliphatic hydroxyl groups excluding tert-OH is 1. The summed E-state index contributed by atoms with van der Waals surface area (Å²) in [5.74, 6) is -0.277. The highest BCUT2D eigenvalue weighted by Crippen LogP contribution is 2.41. The van der Waals surface area contributed by atoms with Gasteiger partial charge in [0.2, 0.25) is 0 Å². The molecule has 2 aliphatic rings. The van der Waals surface area contributed by atoms with Gasteiger partial charge in [0.25, 0.3) is 5.91 Å². The quantitative estimate of drug-likeness (QED) is 0.353. The van der Waals surface area contributed by atoms with Gasteiger partial charge in [-0.1, -0.05) is 42.5 Å². The van der Waals surface area contributed by atoms with E-state index in [4.69, 9.17) is 4.74 Å². The van der Waals surface area contributed by atoms with Crippen LogP contribution in [-0.4, -0.2) is 65.1 Å². The van der Waals surface area contributed by atoms with Gasteiger partial charge in [-0.25, -0.2) is 9.37 Å². The molecular weight excluding hydrogens is 491 g/mol. The molecule has 0 spiro atoms. The molecule has 5 rings (SSSR count). The Morgan fingerprint density at radius 1 is 1.30 bits per heavy atom. The molecule has 2 saturated heterocycles. The van der Waals surface area contributed by atoms with Gasteiger partial charge in [0.05, 0.1) is 18.7 Å². The number of rotatable bonds is 10. The van der Waals surface area contributed by atoms with Crippen molar-refractivity contribution in [3.05, 3.63) is 87.4 Å². The van der Waals surface area contributed by atoms with Crippen LogP contribution in [0.5, 0.6) is 0 Å². The van der Waals surface area contributed by atoms with E-state index in [2.05, 4.69) is 20.5 Å². The highest BCUT2D eigenvalue weighted by molar-refractivity contribution is 7.09. The number of nitrogens with one attached hydrogen (secondary N) is 2. The standard InChI is InChI=1S/C28H33FN4O3S/c1-17-16-37-24(31-17)15-33(2)28-26(36-28)19-9-6-10-20(12-19)27(35)32-23(11-18-7-4-3-5-8-18)25(34)22-13-21(29)14-30-22/h3-10,12,16,21-23,25-26,28,30,34H,11,13-15H2,1-2H3,(H,32,35)/t21-,22+,23-,25+,26?,28?/m0/s1. The Bertz CT molecular complexity index is 1210. The Morgan fingerprint density at radius 2 is 2.11 bits per heavy atom. The molecule has 0 saturated carbocycles. The minimum atomic E-state index is -0.992. The van der Waals surface area contributed by atoms with Gasteiger partial charge >= 0.3 is 0 Å². The van der Waals surface area contributed by atoms with E-state index in [1.807, 2.05) is 67.9 Å². The third kappa shape index (κ3) is 6.42. The lowest BCUT2D eigenvalue weighted by Gasteiger charge is -2.28. The molecule has 0 radical (unpaired) electrons. The Labute approximate surface area is 220 Å². The first-order valence-corrected chi connectivity index (χ1v) is 13.5. The van der Waals surface area contributed by atoms with Gasteiger partial charge in [-0.15, -0.1) is 11.3 Å². The number of carbonyl (C=O) groups excluding carboxylic acids is 1. The Hall–Kier alpha value is -2.69. The second-order valence-electron chi connectivity index (χ2n) is 9.98. The molecule has 196 valence electrons. The molecule has 2 unspecified atom stereocenters. The largest absolute Gasteiger partial charge is 0.389 e. The second-order valence-corrected chi connectivity index (χ2v) is 10.9. The van der Waals surface area contributed by atoms with Gasteiger partial charge in [0.15, 0.2) is 0 Å². The number of aromatic nitrogens is 1. The molecule has 3 heterocycles. The maximum atomic E-state index is 13.8. The van der Waals surface area contributed by atoms with Crippen LogP contribution in [0, 0.1) is 6.92 Å². The van der Waals surface area contributed by atoms with Crippen molar-refractivity contribution in [2.45, 2.75) is 63.0 Å². The molecule has 2 aliphatic heterocycles. The van der Waals surface area contributed by atoms with Crippen molar-refractivity contribution in [2.75, 3.05) is 13.6 Å². The number of likely N-dealkylation sites (N-methyl/N-ethyl adjacent to an activating group) is 1. The fraction of sp³-hybridized carbons (Fsp3) is 0.429. The highest BCUT2D eigenvalue weighted by atomic mass is 32.1. The SMILES string of the molecule is Cc1csc(CN(C)C2OC2c2cccc(C(=O)N[C@@H](Cc3ccccc3)[C@H](O)[C@H]3C[C@H](F)CN3)c2)n1. The minimum absolute atomic E-state index is 0.0720. The average Bonchev–Trinajstić information content (AvgIpc) is 3.44. The summed E-state index contributed by atoms with van der Waals surface area (Å²) in [6, 6.07) is 16.1. The van der Waals surface area contributed by atoms with Crippen LogP contribution in [0.1, 0.15) is 44.7 Å². The van der Waals surface area contributed by atoms with Crippen LogP contribution in [0.4, 0.5) is 4.39 Å². The first-order chi connectivity index (χ1) is 17.9. The molecular formula is C28H33FN4O3S. The maximum Gasteiger partial charge on any atom is 0.251 e. The van der Waals surface area contributed by atoms with Crippen LogP contribution in [0.25, 0.3) is 0 Å². The van der Waals surface area contributed by atoms with E-state index >= 15 is 0 Å². The Balaban J connectivity index is 1.25. The Morgan fingerprint density at radius 3 is 2.81 bits per heavy atom. The number of halogens is 1. The van der Waals surface area contributed by atoms with E-state index in [1.54, 1.807) is 17.4 Å². The summed E-state index contributed by atoms with van der Waals surface area (Å²) in [6.07, 6.45) is -1.43. The predicted molar refractivity (Wildman–Crippen MR) is 141 cm³/mol. The number of amides is 1. The Kier molecular flexibility index (Phi) is 7.97. The molecule has 9 heteroatoms. The fourth-order valence-electron chi connectivity index (χ4n) is 4.96. The second kappa shape index (κ2) is 11.4. The van der Waals surface area contributed by atoms with Crippen LogP contribution in [-0.2, 0) is 17.7 Å². The molecule has 1 amide bonds. The summed E-state index contributed by atoms with van der Waals surface area (Å²) < 4.78 is 19.8. The van der Waals surface area contributed by atoms with Crippen molar-refractivity contribution in [2.24, 2.45) is 0 Å². The van der Waals surface area contributed by atoms with Crippen molar-refractivity contribution in [1.29, 1.82) is 0 Å². The molecule has 1 aromatic heterocycles. The number of nitrogens with zero attached hydrogens (tertiary/aromatic N) is 2. The summed E-state index contributed by atoms with van der Waals surface area (Å²) in [5.41, 5.74) is 3.43. The summed E-state index contributed by atoms with van der Waals surface area (Å²) in [7, 11) is 2.01. The first-order valence-electron chi connectivity index (χ1n) is 12.6. The number of epoxide rings is 1. The molecule has 6 atom stereocenters. The topological polar surface area (TPSA) is 90.0 Å².